The van der Waals surface area contributed by atoms with Gasteiger partial charge >= 0.3 is 5.97 Å². The standard InChI is InChI=1S/C17H19NO3/c18-15-9-4-5-10-16(15)20-12-6-11-17(19)21-13-14-7-2-1-3-8-14/h1-5,7-10H,6,11-13,18H2. The summed E-state index contributed by atoms with van der Waals surface area (Å²) in [6.07, 6.45) is 0.932. The highest BCUT2D eigenvalue weighted by molar-refractivity contribution is 5.69. The van der Waals surface area contributed by atoms with Gasteiger partial charge in [0.2, 0.25) is 0 Å². The van der Waals surface area contributed by atoms with Crippen LogP contribution >= 0.6 is 0 Å². The third-order valence-corrected chi connectivity index (χ3v) is 2.94. The van der Waals surface area contributed by atoms with Crippen LogP contribution in [0.4, 0.5) is 5.69 Å². The molecule has 0 spiro atoms. The number of nitrogen functional groups attached to an aromatic ring is 1. The fourth-order valence-corrected chi connectivity index (χ4v) is 1.82. The zero-order chi connectivity index (χ0) is 14.9. The molecular formula is C17H19NO3. The highest BCUT2D eigenvalue weighted by Gasteiger charge is 2.04. The average molecular weight is 285 g/mol. The normalized spacial score (nSPS) is 10.1. The number of hydrogen-bond acceptors (Lipinski definition) is 4. The zero-order valence-electron chi connectivity index (χ0n) is 11.8. The van der Waals surface area contributed by atoms with Crippen molar-refractivity contribution >= 4 is 11.7 Å². The molecule has 0 saturated heterocycles. The number of rotatable bonds is 7. The molecule has 0 unspecified atom stereocenters. The summed E-state index contributed by atoms with van der Waals surface area (Å²) in [6, 6.07) is 16.9. The van der Waals surface area contributed by atoms with Gasteiger partial charge in [0.05, 0.1) is 12.3 Å². The van der Waals surface area contributed by atoms with Crippen molar-refractivity contribution < 1.29 is 14.3 Å². The molecule has 0 saturated carbocycles. The highest BCUT2D eigenvalue weighted by Crippen LogP contribution is 2.19. The van der Waals surface area contributed by atoms with Gasteiger partial charge in [0.15, 0.2) is 0 Å². The van der Waals surface area contributed by atoms with Crippen LogP contribution in [0.25, 0.3) is 0 Å². The fourth-order valence-electron chi connectivity index (χ4n) is 1.82. The number of hydrogen-bond donors (Lipinski definition) is 1. The molecule has 4 heteroatoms. The zero-order valence-corrected chi connectivity index (χ0v) is 11.8. The Kier molecular flexibility index (Phi) is 5.64. The van der Waals surface area contributed by atoms with Crippen LogP contribution in [0.15, 0.2) is 54.6 Å². The van der Waals surface area contributed by atoms with Crippen molar-refractivity contribution in [1.82, 2.24) is 0 Å². The van der Waals surface area contributed by atoms with Crippen LogP contribution in [-0.2, 0) is 16.1 Å². The third kappa shape index (κ3) is 5.18. The maximum absolute atomic E-state index is 11.6. The fraction of sp³-hybridized carbons (Fsp3) is 0.235. The summed E-state index contributed by atoms with van der Waals surface area (Å²) in [5, 5.41) is 0. The van der Waals surface area contributed by atoms with Gasteiger partial charge in [0, 0.05) is 6.42 Å². The SMILES string of the molecule is Nc1ccccc1OCCCC(=O)OCc1ccccc1. The number of esters is 1. The molecule has 0 fully saturated rings. The summed E-state index contributed by atoms with van der Waals surface area (Å²) >= 11 is 0. The van der Waals surface area contributed by atoms with Crippen molar-refractivity contribution in [2.75, 3.05) is 12.3 Å². The second-order valence-electron chi connectivity index (χ2n) is 4.64. The van der Waals surface area contributed by atoms with Gasteiger partial charge in [-0.05, 0) is 24.1 Å². The van der Waals surface area contributed by atoms with Crippen molar-refractivity contribution in [3.8, 4) is 5.75 Å². The number of carbonyl (C=O) groups is 1. The number of anilines is 1. The molecule has 4 nitrogen and oxygen atoms in total. The molecule has 0 heterocycles. The lowest BCUT2D eigenvalue weighted by Gasteiger charge is -2.08. The van der Waals surface area contributed by atoms with Gasteiger partial charge in [-0.2, -0.15) is 0 Å². The molecule has 0 aromatic heterocycles. The molecule has 0 aliphatic heterocycles. The van der Waals surface area contributed by atoms with Gasteiger partial charge in [-0.1, -0.05) is 42.5 Å². The molecule has 0 atom stereocenters. The van der Waals surface area contributed by atoms with Gasteiger partial charge in [-0.25, -0.2) is 0 Å². The maximum Gasteiger partial charge on any atom is 0.306 e. The molecule has 2 N–H and O–H groups in total. The lowest BCUT2D eigenvalue weighted by atomic mass is 10.2. The largest absolute Gasteiger partial charge is 0.491 e. The van der Waals surface area contributed by atoms with E-state index in [0.29, 0.717) is 37.5 Å². The first kappa shape index (κ1) is 14.9. The number of carbonyl (C=O) groups excluding carboxylic acids is 1. The Labute approximate surface area is 124 Å². The first-order valence-electron chi connectivity index (χ1n) is 6.92. The second-order valence-corrected chi connectivity index (χ2v) is 4.64. The molecule has 2 aromatic rings. The van der Waals surface area contributed by atoms with E-state index in [4.69, 9.17) is 15.2 Å². The summed E-state index contributed by atoms with van der Waals surface area (Å²) in [5.74, 6) is 0.429. The van der Waals surface area contributed by atoms with Gasteiger partial charge in [-0.3, -0.25) is 4.79 Å². The van der Waals surface area contributed by atoms with Crippen molar-refractivity contribution in [1.29, 1.82) is 0 Å². The van der Waals surface area contributed by atoms with Crippen LogP contribution in [0.3, 0.4) is 0 Å². The van der Waals surface area contributed by atoms with E-state index in [1.807, 2.05) is 48.5 Å². The van der Waals surface area contributed by atoms with E-state index in [2.05, 4.69) is 0 Å². The van der Waals surface area contributed by atoms with Crippen LogP contribution < -0.4 is 10.5 Å². The third-order valence-electron chi connectivity index (χ3n) is 2.94. The van der Waals surface area contributed by atoms with Crippen LogP contribution in [0.5, 0.6) is 5.75 Å². The molecule has 21 heavy (non-hydrogen) atoms. The number of benzene rings is 2. The van der Waals surface area contributed by atoms with Crippen molar-refractivity contribution in [3.63, 3.8) is 0 Å². The molecule has 0 radical (unpaired) electrons. The van der Waals surface area contributed by atoms with Crippen molar-refractivity contribution in [3.05, 3.63) is 60.2 Å². The minimum atomic E-state index is -0.219. The molecule has 0 bridgehead atoms. The molecule has 0 aliphatic carbocycles. The Morgan fingerprint density at radius 3 is 2.48 bits per heavy atom. The van der Waals surface area contributed by atoms with Crippen molar-refractivity contribution in [2.24, 2.45) is 0 Å². The quantitative estimate of drug-likeness (QED) is 0.482. The Balaban J connectivity index is 1.62. The molecular weight excluding hydrogens is 266 g/mol. The summed E-state index contributed by atoms with van der Waals surface area (Å²) < 4.78 is 10.7. The molecule has 2 rings (SSSR count). The Morgan fingerprint density at radius 2 is 1.71 bits per heavy atom. The van der Waals surface area contributed by atoms with Crippen molar-refractivity contribution in [2.45, 2.75) is 19.4 Å². The van der Waals surface area contributed by atoms with Gasteiger partial charge < -0.3 is 15.2 Å². The minimum Gasteiger partial charge on any atom is -0.491 e. The molecule has 110 valence electrons. The molecule has 2 aromatic carbocycles. The lowest BCUT2D eigenvalue weighted by Crippen LogP contribution is -2.07. The van der Waals surface area contributed by atoms with Crippen LogP contribution in [0, 0.1) is 0 Å². The van der Waals surface area contributed by atoms with E-state index >= 15 is 0 Å². The first-order valence-corrected chi connectivity index (χ1v) is 6.92. The predicted molar refractivity (Wildman–Crippen MR) is 81.8 cm³/mol. The van der Waals surface area contributed by atoms with E-state index in [9.17, 15) is 4.79 Å². The first-order chi connectivity index (χ1) is 10.3. The van der Waals surface area contributed by atoms with Gasteiger partial charge in [0.25, 0.3) is 0 Å². The van der Waals surface area contributed by atoms with E-state index in [1.54, 1.807) is 6.07 Å². The maximum atomic E-state index is 11.6. The second kappa shape index (κ2) is 7.94. The predicted octanol–water partition coefficient (Wildman–Crippen LogP) is 3.17. The van der Waals surface area contributed by atoms with E-state index in [0.717, 1.165) is 5.56 Å². The van der Waals surface area contributed by atoms with E-state index < -0.39 is 0 Å². The van der Waals surface area contributed by atoms with E-state index in [1.165, 1.54) is 0 Å². The molecule has 0 aliphatic rings. The summed E-state index contributed by atoms with van der Waals surface area (Å²) in [6.45, 7) is 0.751. The topological polar surface area (TPSA) is 61.5 Å². The Morgan fingerprint density at radius 1 is 1.00 bits per heavy atom. The number of ether oxygens (including phenoxy) is 2. The summed E-state index contributed by atoms with van der Waals surface area (Å²) in [4.78, 5) is 11.6. The monoisotopic (exact) mass is 285 g/mol. The average Bonchev–Trinajstić information content (AvgIpc) is 2.52. The van der Waals surface area contributed by atoms with E-state index in [-0.39, 0.29) is 5.97 Å². The number of para-hydroxylation sites is 2. The summed E-state index contributed by atoms with van der Waals surface area (Å²) in [7, 11) is 0. The molecule has 0 amide bonds. The number of nitrogens with two attached hydrogens (primary N) is 1. The highest BCUT2D eigenvalue weighted by atomic mass is 16.5. The summed E-state index contributed by atoms with van der Waals surface area (Å²) in [5.41, 5.74) is 7.34. The van der Waals surface area contributed by atoms with Crippen LogP contribution in [-0.4, -0.2) is 12.6 Å². The minimum absolute atomic E-state index is 0.219. The Hall–Kier alpha value is -2.49. The van der Waals surface area contributed by atoms with Gasteiger partial charge in [0.1, 0.15) is 12.4 Å². The Bertz CT molecular complexity index is 569. The van der Waals surface area contributed by atoms with Crippen LogP contribution in [0.1, 0.15) is 18.4 Å². The smallest absolute Gasteiger partial charge is 0.306 e. The van der Waals surface area contributed by atoms with Gasteiger partial charge in [-0.15, -0.1) is 0 Å². The lowest BCUT2D eigenvalue weighted by molar-refractivity contribution is -0.145. The van der Waals surface area contributed by atoms with Crippen LogP contribution in [0.2, 0.25) is 0 Å².